The molecule has 4 heteroatoms. The highest BCUT2D eigenvalue weighted by Crippen LogP contribution is 2.13. The number of ether oxygens (including phenoxy) is 2. The summed E-state index contributed by atoms with van der Waals surface area (Å²) in [7, 11) is 0. The fourth-order valence-corrected chi connectivity index (χ4v) is 1.73. The Morgan fingerprint density at radius 2 is 1.47 bits per heavy atom. The van der Waals surface area contributed by atoms with Gasteiger partial charge in [0, 0.05) is 6.42 Å². The van der Waals surface area contributed by atoms with E-state index in [1.807, 2.05) is 34.6 Å². The molecule has 0 aliphatic carbocycles. The van der Waals surface area contributed by atoms with E-state index < -0.39 is 0 Å². The molecule has 0 saturated carbocycles. The number of rotatable bonds is 9. The molecule has 0 heterocycles. The Bertz CT molecular complexity index is 273. The van der Waals surface area contributed by atoms with Crippen LogP contribution < -0.4 is 0 Å². The van der Waals surface area contributed by atoms with E-state index in [1.54, 1.807) is 0 Å². The zero-order valence-electron chi connectivity index (χ0n) is 12.9. The van der Waals surface area contributed by atoms with E-state index in [-0.39, 0.29) is 29.7 Å². The van der Waals surface area contributed by atoms with Gasteiger partial charge < -0.3 is 9.47 Å². The van der Waals surface area contributed by atoms with Crippen molar-refractivity contribution in [2.24, 2.45) is 17.8 Å². The molecular weight excluding hydrogens is 244 g/mol. The van der Waals surface area contributed by atoms with Crippen LogP contribution in [0.2, 0.25) is 0 Å². The van der Waals surface area contributed by atoms with Crippen LogP contribution in [-0.4, -0.2) is 25.2 Å². The second-order valence-corrected chi connectivity index (χ2v) is 5.66. The Morgan fingerprint density at radius 3 is 1.95 bits per heavy atom. The van der Waals surface area contributed by atoms with Crippen molar-refractivity contribution in [3.63, 3.8) is 0 Å². The summed E-state index contributed by atoms with van der Waals surface area (Å²) in [6.45, 7) is 10.6. The predicted octanol–water partition coefficient (Wildman–Crippen LogP) is 3.19. The van der Waals surface area contributed by atoms with Gasteiger partial charge in [-0.2, -0.15) is 0 Å². The predicted molar refractivity (Wildman–Crippen MR) is 74.6 cm³/mol. The van der Waals surface area contributed by atoms with E-state index in [2.05, 4.69) is 0 Å². The molecule has 0 aromatic rings. The highest BCUT2D eigenvalue weighted by atomic mass is 16.5. The highest BCUT2D eigenvalue weighted by molar-refractivity contribution is 5.71. The summed E-state index contributed by atoms with van der Waals surface area (Å²) in [6.07, 6.45) is 2.17. The summed E-state index contributed by atoms with van der Waals surface area (Å²) >= 11 is 0. The lowest BCUT2D eigenvalue weighted by Crippen LogP contribution is -2.19. The fourth-order valence-electron chi connectivity index (χ4n) is 1.73. The normalized spacial score (nSPS) is 14.0. The number of carbonyl (C=O) groups excluding carboxylic acids is 2. The average Bonchev–Trinajstić information content (AvgIpc) is 2.33. The largest absolute Gasteiger partial charge is 0.465 e. The molecule has 0 aliphatic rings. The van der Waals surface area contributed by atoms with Crippen molar-refractivity contribution in [3.05, 3.63) is 0 Å². The van der Waals surface area contributed by atoms with E-state index in [0.29, 0.717) is 19.6 Å². The van der Waals surface area contributed by atoms with Crippen molar-refractivity contribution in [1.29, 1.82) is 0 Å². The monoisotopic (exact) mass is 272 g/mol. The summed E-state index contributed by atoms with van der Waals surface area (Å²) < 4.78 is 10.3. The standard InChI is InChI=1S/C15H28O4/c1-6-7-14(16)18-9-12(4)8-13(5)10-19-15(17)11(2)3/h11-13H,6-10H2,1-5H3. The van der Waals surface area contributed by atoms with Crippen LogP contribution >= 0.6 is 0 Å². The summed E-state index contributed by atoms with van der Waals surface area (Å²) in [4.78, 5) is 22.6. The first-order chi connectivity index (χ1) is 8.86. The third-order valence-corrected chi connectivity index (χ3v) is 2.77. The first kappa shape index (κ1) is 17.9. The third kappa shape index (κ3) is 9.51. The van der Waals surface area contributed by atoms with Gasteiger partial charge in [0.25, 0.3) is 0 Å². The van der Waals surface area contributed by atoms with Crippen LogP contribution in [0, 0.1) is 17.8 Å². The molecular formula is C15H28O4. The van der Waals surface area contributed by atoms with Crippen LogP contribution in [0.1, 0.15) is 53.9 Å². The first-order valence-corrected chi connectivity index (χ1v) is 7.19. The van der Waals surface area contributed by atoms with Crippen molar-refractivity contribution in [1.82, 2.24) is 0 Å². The van der Waals surface area contributed by atoms with Crippen LogP contribution in [0.15, 0.2) is 0 Å². The van der Waals surface area contributed by atoms with Crippen molar-refractivity contribution in [2.45, 2.75) is 53.9 Å². The second kappa shape index (κ2) is 9.82. The molecule has 0 saturated heterocycles. The molecule has 0 aromatic carbocycles. The van der Waals surface area contributed by atoms with Gasteiger partial charge in [-0.25, -0.2) is 0 Å². The lowest BCUT2D eigenvalue weighted by molar-refractivity contribution is -0.148. The SMILES string of the molecule is CCCC(=O)OCC(C)CC(C)COC(=O)C(C)C. The minimum atomic E-state index is -0.158. The summed E-state index contributed by atoms with van der Waals surface area (Å²) in [5, 5.41) is 0. The molecule has 112 valence electrons. The summed E-state index contributed by atoms with van der Waals surface area (Å²) in [6, 6.07) is 0. The van der Waals surface area contributed by atoms with Gasteiger partial charge in [0.05, 0.1) is 19.1 Å². The van der Waals surface area contributed by atoms with Gasteiger partial charge in [-0.1, -0.05) is 34.6 Å². The van der Waals surface area contributed by atoms with Gasteiger partial charge >= 0.3 is 11.9 Å². The molecule has 0 radical (unpaired) electrons. The first-order valence-electron chi connectivity index (χ1n) is 7.19. The Kier molecular flexibility index (Phi) is 9.27. The lowest BCUT2D eigenvalue weighted by atomic mass is 9.99. The second-order valence-electron chi connectivity index (χ2n) is 5.66. The number of esters is 2. The lowest BCUT2D eigenvalue weighted by Gasteiger charge is -2.18. The van der Waals surface area contributed by atoms with Crippen molar-refractivity contribution in [3.8, 4) is 0 Å². The maximum atomic E-state index is 11.3. The van der Waals surface area contributed by atoms with Gasteiger partial charge in [-0.15, -0.1) is 0 Å². The van der Waals surface area contributed by atoms with E-state index in [1.165, 1.54) is 0 Å². The zero-order chi connectivity index (χ0) is 14.8. The Labute approximate surface area is 116 Å². The fraction of sp³-hybridized carbons (Fsp3) is 0.867. The molecule has 4 nitrogen and oxygen atoms in total. The number of hydrogen-bond donors (Lipinski definition) is 0. The molecule has 0 aliphatic heterocycles. The quantitative estimate of drug-likeness (QED) is 0.605. The molecule has 0 spiro atoms. The molecule has 0 N–H and O–H groups in total. The van der Waals surface area contributed by atoms with E-state index >= 15 is 0 Å². The van der Waals surface area contributed by atoms with Crippen LogP contribution in [0.4, 0.5) is 0 Å². The third-order valence-electron chi connectivity index (χ3n) is 2.77. The van der Waals surface area contributed by atoms with Crippen LogP contribution in [-0.2, 0) is 19.1 Å². The van der Waals surface area contributed by atoms with Crippen LogP contribution in [0.25, 0.3) is 0 Å². The number of hydrogen-bond acceptors (Lipinski definition) is 4. The molecule has 0 bridgehead atoms. The smallest absolute Gasteiger partial charge is 0.308 e. The van der Waals surface area contributed by atoms with Crippen LogP contribution in [0.3, 0.4) is 0 Å². The average molecular weight is 272 g/mol. The molecule has 2 atom stereocenters. The summed E-state index contributed by atoms with van der Waals surface area (Å²) in [5.74, 6) is 0.192. The molecule has 0 rings (SSSR count). The van der Waals surface area contributed by atoms with Gasteiger partial charge in [-0.05, 0) is 24.7 Å². The minimum Gasteiger partial charge on any atom is -0.465 e. The topological polar surface area (TPSA) is 52.6 Å². The van der Waals surface area contributed by atoms with Gasteiger partial charge in [-0.3, -0.25) is 9.59 Å². The van der Waals surface area contributed by atoms with Gasteiger partial charge in [0.15, 0.2) is 0 Å². The molecule has 19 heavy (non-hydrogen) atoms. The maximum Gasteiger partial charge on any atom is 0.308 e. The van der Waals surface area contributed by atoms with Crippen molar-refractivity contribution < 1.29 is 19.1 Å². The zero-order valence-corrected chi connectivity index (χ0v) is 12.9. The molecule has 2 unspecified atom stereocenters. The van der Waals surface area contributed by atoms with E-state index in [4.69, 9.17) is 9.47 Å². The van der Waals surface area contributed by atoms with Gasteiger partial charge in [0.1, 0.15) is 0 Å². The summed E-state index contributed by atoms with van der Waals surface area (Å²) in [5.41, 5.74) is 0. The van der Waals surface area contributed by atoms with Crippen molar-refractivity contribution in [2.75, 3.05) is 13.2 Å². The molecule has 0 aromatic heterocycles. The van der Waals surface area contributed by atoms with E-state index in [0.717, 1.165) is 12.8 Å². The maximum absolute atomic E-state index is 11.3. The highest BCUT2D eigenvalue weighted by Gasteiger charge is 2.14. The Morgan fingerprint density at radius 1 is 0.947 bits per heavy atom. The number of carbonyl (C=O) groups is 2. The Hall–Kier alpha value is -1.06. The Balaban J connectivity index is 3.77. The minimum absolute atomic E-state index is 0.0837. The van der Waals surface area contributed by atoms with E-state index in [9.17, 15) is 9.59 Å². The van der Waals surface area contributed by atoms with Gasteiger partial charge in [0.2, 0.25) is 0 Å². The van der Waals surface area contributed by atoms with Crippen molar-refractivity contribution >= 4 is 11.9 Å². The van der Waals surface area contributed by atoms with Crippen LogP contribution in [0.5, 0.6) is 0 Å². The molecule has 0 amide bonds. The molecule has 0 fully saturated rings.